The summed E-state index contributed by atoms with van der Waals surface area (Å²) in [6.07, 6.45) is 2.14. The highest BCUT2D eigenvalue weighted by molar-refractivity contribution is 7.80. The molecule has 2 nitrogen and oxygen atoms in total. The normalized spacial score (nSPS) is 12.1. The second-order valence-electron chi connectivity index (χ2n) is 13.5. The molecule has 8 aromatic carbocycles. The predicted octanol–water partition coefficient (Wildman–Crippen LogP) is 13.8. The Hall–Kier alpha value is -5.90. The number of rotatable bonds is 8. The fourth-order valence-corrected chi connectivity index (χ4v) is 8.19. The summed E-state index contributed by atoms with van der Waals surface area (Å²) >= 11 is 5.03. The fourth-order valence-electron chi connectivity index (χ4n) is 7.78. The molecule has 0 aliphatic heterocycles. The number of fused-ring (bicyclic) bond motifs is 3. The van der Waals surface area contributed by atoms with Crippen LogP contribution in [-0.2, 0) is 0 Å². The summed E-state index contributed by atoms with van der Waals surface area (Å²) in [4.78, 5) is 5.05. The molecule has 1 unspecified atom stereocenters. The average Bonchev–Trinajstić information content (AvgIpc) is 3.60. The molecule has 1 heterocycles. The summed E-state index contributed by atoms with van der Waals surface area (Å²) < 4.78 is 2.27. The van der Waals surface area contributed by atoms with Gasteiger partial charge >= 0.3 is 0 Å². The van der Waals surface area contributed by atoms with Gasteiger partial charge in [-0.3, -0.25) is 4.57 Å². The van der Waals surface area contributed by atoms with E-state index < -0.39 is 0 Å². The van der Waals surface area contributed by atoms with Gasteiger partial charge in [-0.25, -0.2) is 4.98 Å². The third-order valence-corrected chi connectivity index (χ3v) is 10.8. The number of aromatic nitrogens is 2. The highest BCUT2D eigenvalue weighted by Crippen LogP contribution is 2.46. The Morgan fingerprint density at radius 1 is 0.500 bits per heavy atom. The van der Waals surface area contributed by atoms with E-state index in [4.69, 9.17) is 17.6 Å². The number of para-hydroxylation sites is 2. The summed E-state index contributed by atoms with van der Waals surface area (Å²) in [6.45, 7) is 2.23. The fraction of sp³-hybridized carbons (Fsp3) is 0.0816. The van der Waals surface area contributed by atoms with Crippen molar-refractivity contribution in [2.75, 3.05) is 0 Å². The molecule has 0 fully saturated rings. The minimum atomic E-state index is 0.198. The van der Waals surface area contributed by atoms with Crippen molar-refractivity contribution < 1.29 is 0 Å². The van der Waals surface area contributed by atoms with E-state index in [0.717, 1.165) is 41.0 Å². The summed E-state index contributed by atoms with van der Waals surface area (Å²) in [5.41, 5.74) is 12.8. The molecular formula is C49H38N2S. The molecule has 250 valence electrons. The van der Waals surface area contributed by atoms with Gasteiger partial charge in [0.2, 0.25) is 0 Å². The SMILES string of the molecule is CCCC(S)c1ccc2c(-c3ccccc3)c3cc(-c4ccc(-n5c(-c6ccccc6)nc6ccccc65)cc4)ccc3c(-c3ccccc3)c2c1. The smallest absolute Gasteiger partial charge is 0.145 e. The summed E-state index contributed by atoms with van der Waals surface area (Å²) in [7, 11) is 0. The molecular weight excluding hydrogens is 649 g/mol. The Morgan fingerprint density at radius 3 is 1.67 bits per heavy atom. The van der Waals surface area contributed by atoms with Crippen molar-refractivity contribution in [3.05, 3.63) is 181 Å². The number of thiol groups is 1. The molecule has 0 saturated carbocycles. The maximum absolute atomic E-state index is 5.05. The molecule has 9 aromatic rings. The van der Waals surface area contributed by atoms with E-state index in [1.165, 1.54) is 60.5 Å². The van der Waals surface area contributed by atoms with Crippen LogP contribution in [0.3, 0.4) is 0 Å². The van der Waals surface area contributed by atoms with Crippen LogP contribution in [0.2, 0.25) is 0 Å². The minimum absolute atomic E-state index is 0.198. The van der Waals surface area contributed by atoms with Crippen LogP contribution < -0.4 is 0 Å². The lowest BCUT2D eigenvalue weighted by Gasteiger charge is -2.20. The van der Waals surface area contributed by atoms with Crippen molar-refractivity contribution in [2.24, 2.45) is 0 Å². The van der Waals surface area contributed by atoms with Gasteiger partial charge in [-0.15, -0.1) is 0 Å². The molecule has 1 aromatic heterocycles. The molecule has 0 amide bonds. The maximum Gasteiger partial charge on any atom is 0.145 e. The van der Waals surface area contributed by atoms with Gasteiger partial charge in [-0.1, -0.05) is 153 Å². The lowest BCUT2D eigenvalue weighted by Crippen LogP contribution is -1.97. The van der Waals surface area contributed by atoms with E-state index in [-0.39, 0.29) is 5.25 Å². The van der Waals surface area contributed by atoms with Gasteiger partial charge < -0.3 is 0 Å². The van der Waals surface area contributed by atoms with Crippen LogP contribution in [0.5, 0.6) is 0 Å². The zero-order valence-corrected chi connectivity index (χ0v) is 30.0. The van der Waals surface area contributed by atoms with Gasteiger partial charge in [0.1, 0.15) is 5.82 Å². The highest BCUT2D eigenvalue weighted by atomic mass is 32.1. The summed E-state index contributed by atoms with van der Waals surface area (Å²) in [5, 5.41) is 5.21. The van der Waals surface area contributed by atoms with Crippen molar-refractivity contribution in [1.29, 1.82) is 0 Å². The Kier molecular flexibility index (Phi) is 8.42. The molecule has 0 N–H and O–H groups in total. The van der Waals surface area contributed by atoms with Gasteiger partial charge in [0, 0.05) is 16.5 Å². The number of imidazole rings is 1. The van der Waals surface area contributed by atoms with Crippen LogP contribution in [0, 0.1) is 0 Å². The average molecular weight is 687 g/mol. The second-order valence-corrected chi connectivity index (χ2v) is 14.1. The minimum Gasteiger partial charge on any atom is -0.292 e. The summed E-state index contributed by atoms with van der Waals surface area (Å²) in [6, 6.07) is 63.5. The Labute approximate surface area is 310 Å². The second kappa shape index (κ2) is 13.7. The number of benzene rings is 8. The topological polar surface area (TPSA) is 17.8 Å². The van der Waals surface area contributed by atoms with Crippen molar-refractivity contribution in [2.45, 2.75) is 25.0 Å². The van der Waals surface area contributed by atoms with E-state index in [1.807, 2.05) is 6.07 Å². The number of hydrogen-bond donors (Lipinski definition) is 1. The lowest BCUT2D eigenvalue weighted by molar-refractivity contribution is 0.783. The zero-order chi connectivity index (χ0) is 35.0. The third-order valence-electron chi connectivity index (χ3n) is 10.3. The van der Waals surface area contributed by atoms with Gasteiger partial charge in [0.15, 0.2) is 0 Å². The monoisotopic (exact) mass is 686 g/mol. The Balaban J connectivity index is 1.25. The van der Waals surface area contributed by atoms with Gasteiger partial charge in [0.25, 0.3) is 0 Å². The first-order valence-corrected chi connectivity index (χ1v) is 18.7. The standard InChI is InChI=1S/C49H38N2S/c1-2-14-46(52)38-26-30-41-43(32-38)48(35-17-8-4-9-18-35)40-29-25-37(31-42(40)47(41)34-15-6-3-7-16-34)33-23-27-39(28-24-33)51-45-22-13-12-21-44(45)50-49(51)36-19-10-5-11-20-36/h3-13,15-32,46,52H,2,14H2,1H3. The molecule has 0 spiro atoms. The first-order chi connectivity index (χ1) is 25.7. The molecule has 0 radical (unpaired) electrons. The van der Waals surface area contributed by atoms with E-state index >= 15 is 0 Å². The van der Waals surface area contributed by atoms with Crippen LogP contribution in [-0.4, -0.2) is 9.55 Å². The predicted molar refractivity (Wildman–Crippen MR) is 224 cm³/mol. The van der Waals surface area contributed by atoms with Crippen molar-refractivity contribution in [1.82, 2.24) is 9.55 Å². The summed E-state index contributed by atoms with van der Waals surface area (Å²) in [5.74, 6) is 0.940. The molecule has 0 saturated heterocycles. The maximum atomic E-state index is 5.05. The van der Waals surface area contributed by atoms with Crippen molar-refractivity contribution in [3.63, 3.8) is 0 Å². The van der Waals surface area contributed by atoms with E-state index in [0.29, 0.717) is 0 Å². The lowest BCUT2D eigenvalue weighted by atomic mass is 9.84. The van der Waals surface area contributed by atoms with Crippen molar-refractivity contribution in [3.8, 4) is 50.5 Å². The Bertz CT molecular complexity index is 2680. The molecule has 52 heavy (non-hydrogen) atoms. The highest BCUT2D eigenvalue weighted by Gasteiger charge is 2.20. The molecule has 9 rings (SSSR count). The van der Waals surface area contributed by atoms with Crippen LogP contribution in [0.4, 0.5) is 0 Å². The quantitative estimate of drug-likeness (QED) is 0.124. The van der Waals surface area contributed by atoms with Crippen LogP contribution in [0.15, 0.2) is 176 Å². The first-order valence-electron chi connectivity index (χ1n) is 18.1. The van der Waals surface area contributed by atoms with Crippen molar-refractivity contribution >= 4 is 45.2 Å². The molecule has 0 bridgehead atoms. The number of nitrogens with zero attached hydrogens (tertiary/aromatic N) is 2. The first kappa shape index (κ1) is 32.0. The van der Waals surface area contributed by atoms with E-state index in [9.17, 15) is 0 Å². The largest absolute Gasteiger partial charge is 0.292 e. The van der Waals surface area contributed by atoms with E-state index in [2.05, 4.69) is 181 Å². The Morgan fingerprint density at radius 2 is 1.04 bits per heavy atom. The molecule has 3 heteroatoms. The van der Waals surface area contributed by atoms with Gasteiger partial charge in [0.05, 0.1) is 11.0 Å². The van der Waals surface area contributed by atoms with Gasteiger partial charge in [-0.2, -0.15) is 12.6 Å². The van der Waals surface area contributed by atoms with E-state index in [1.54, 1.807) is 0 Å². The van der Waals surface area contributed by atoms with Crippen LogP contribution in [0.25, 0.3) is 83.0 Å². The molecule has 0 aliphatic carbocycles. The molecule has 0 aliphatic rings. The zero-order valence-electron chi connectivity index (χ0n) is 29.1. The van der Waals surface area contributed by atoms with Crippen LogP contribution in [0.1, 0.15) is 30.6 Å². The third kappa shape index (κ3) is 5.68. The number of hydrogen-bond acceptors (Lipinski definition) is 2. The van der Waals surface area contributed by atoms with Gasteiger partial charge in [-0.05, 0) is 103 Å². The molecule has 1 atom stereocenters. The van der Waals surface area contributed by atoms with Crippen LogP contribution >= 0.6 is 12.6 Å².